The molecule has 0 spiro atoms. The molecule has 6 heteroatoms. The van der Waals surface area contributed by atoms with Crippen molar-refractivity contribution in [2.45, 2.75) is 73.4 Å². The van der Waals surface area contributed by atoms with Gasteiger partial charge in [-0.1, -0.05) is 84.9 Å². The van der Waals surface area contributed by atoms with E-state index in [1.165, 1.54) is 5.56 Å². The second kappa shape index (κ2) is 15.7. The number of carbonyl (C=O) groups excluding carboxylic acids is 2. The van der Waals surface area contributed by atoms with E-state index in [4.69, 9.17) is 4.74 Å². The molecule has 6 nitrogen and oxygen atoms in total. The molecule has 0 saturated carbocycles. The number of benzene rings is 1. The van der Waals surface area contributed by atoms with Gasteiger partial charge < -0.3 is 20.3 Å². The van der Waals surface area contributed by atoms with Crippen molar-refractivity contribution in [2.24, 2.45) is 11.3 Å². The number of ether oxygens (including phenoxy) is 1. The Bertz CT molecular complexity index is 752. The van der Waals surface area contributed by atoms with E-state index in [0.29, 0.717) is 12.5 Å². The minimum Gasteiger partial charge on any atom is -0.380 e. The van der Waals surface area contributed by atoms with Crippen molar-refractivity contribution in [2.75, 3.05) is 34.4 Å². The molecular formula is C28H49N3O3. The predicted octanol–water partition coefficient (Wildman–Crippen LogP) is 4.62. The van der Waals surface area contributed by atoms with Crippen LogP contribution >= 0.6 is 0 Å². The van der Waals surface area contributed by atoms with E-state index in [1.807, 2.05) is 33.8 Å². The fraction of sp³-hybridized carbons (Fsp3) is 0.643. The van der Waals surface area contributed by atoms with Gasteiger partial charge in [-0.05, 0) is 42.4 Å². The number of amides is 2. The smallest absolute Gasteiger partial charge is 0.245 e. The Kier molecular flexibility index (Phi) is 14.7. The fourth-order valence-corrected chi connectivity index (χ4v) is 3.53. The van der Waals surface area contributed by atoms with Crippen LogP contribution in [0.4, 0.5) is 0 Å². The van der Waals surface area contributed by atoms with E-state index in [2.05, 4.69) is 68.7 Å². The van der Waals surface area contributed by atoms with Gasteiger partial charge in [-0.15, -0.1) is 0 Å². The molecule has 0 heterocycles. The van der Waals surface area contributed by atoms with Crippen molar-refractivity contribution in [3.05, 3.63) is 47.5 Å². The van der Waals surface area contributed by atoms with Crippen LogP contribution in [-0.2, 0) is 14.3 Å². The number of hydrogen-bond donors (Lipinski definition) is 2. The average Bonchev–Trinajstić information content (AvgIpc) is 2.75. The normalized spacial score (nSPS) is 13.7. The molecule has 0 bridgehead atoms. The molecule has 34 heavy (non-hydrogen) atoms. The van der Waals surface area contributed by atoms with Crippen LogP contribution in [0, 0.1) is 11.3 Å². The summed E-state index contributed by atoms with van der Waals surface area (Å²) >= 11 is 0. The van der Waals surface area contributed by atoms with Gasteiger partial charge in [0, 0.05) is 14.2 Å². The number of rotatable bonds is 10. The maximum Gasteiger partial charge on any atom is 0.245 e. The van der Waals surface area contributed by atoms with Crippen molar-refractivity contribution < 1.29 is 14.3 Å². The Morgan fingerprint density at radius 1 is 1.09 bits per heavy atom. The van der Waals surface area contributed by atoms with Gasteiger partial charge in [0.15, 0.2) is 0 Å². The third-order valence-corrected chi connectivity index (χ3v) is 5.53. The summed E-state index contributed by atoms with van der Waals surface area (Å²) in [6.45, 7) is 17.2. The van der Waals surface area contributed by atoms with E-state index in [9.17, 15) is 9.59 Å². The summed E-state index contributed by atoms with van der Waals surface area (Å²) in [4.78, 5) is 26.9. The second-order valence-corrected chi connectivity index (χ2v) is 10.6. The fourth-order valence-electron chi connectivity index (χ4n) is 3.53. The van der Waals surface area contributed by atoms with E-state index >= 15 is 0 Å². The molecule has 1 aromatic carbocycles. The summed E-state index contributed by atoms with van der Waals surface area (Å²) in [5.41, 5.74) is 2.10. The summed E-state index contributed by atoms with van der Waals surface area (Å²) in [6, 6.07) is 9.87. The van der Waals surface area contributed by atoms with Crippen molar-refractivity contribution >= 4 is 11.8 Å². The maximum absolute atomic E-state index is 13.1. The number of nitrogens with one attached hydrogen (secondary N) is 2. The molecule has 0 aliphatic rings. The van der Waals surface area contributed by atoms with Gasteiger partial charge in [0.1, 0.15) is 6.04 Å². The lowest BCUT2D eigenvalue weighted by Gasteiger charge is -2.37. The average molecular weight is 476 g/mol. The Morgan fingerprint density at radius 3 is 2.03 bits per heavy atom. The first-order valence-electron chi connectivity index (χ1n) is 12.2. The molecule has 0 aromatic heterocycles. The Balaban J connectivity index is 0.000000999. The van der Waals surface area contributed by atoms with Crippen LogP contribution in [0.1, 0.15) is 66.9 Å². The Labute approximate surface area is 208 Å². The highest BCUT2D eigenvalue weighted by Crippen LogP contribution is 2.23. The lowest BCUT2D eigenvalue weighted by atomic mass is 9.85. The van der Waals surface area contributed by atoms with E-state index in [1.54, 1.807) is 26.1 Å². The summed E-state index contributed by atoms with van der Waals surface area (Å²) < 4.78 is 5.17. The zero-order chi connectivity index (χ0) is 26.5. The standard InChI is InChI=1S/C19H37N3O3.C9H12/c1-13(2)15(10-14(3)12-25-9)22(8)18(24)17(19(4,5)6)21-16(23)11-20-7;1-8(2)9-6-4-3-5-7-9/h10,13,15,17,20H,11-12H2,1-9H3,(H,21,23);3-8H,1-2H3/b14-10+;. The summed E-state index contributed by atoms with van der Waals surface area (Å²) in [5.74, 6) is 0.633. The number of likely N-dealkylation sites (N-methyl/N-ethyl adjacent to an activating group) is 2. The Morgan fingerprint density at radius 2 is 1.65 bits per heavy atom. The maximum atomic E-state index is 13.1. The van der Waals surface area contributed by atoms with Crippen molar-refractivity contribution in [3.8, 4) is 0 Å². The number of methoxy groups -OCH3 is 1. The van der Waals surface area contributed by atoms with Gasteiger partial charge >= 0.3 is 0 Å². The quantitative estimate of drug-likeness (QED) is 0.484. The van der Waals surface area contributed by atoms with Gasteiger partial charge in [0.25, 0.3) is 0 Å². The van der Waals surface area contributed by atoms with Crippen LogP contribution in [-0.4, -0.2) is 63.2 Å². The minimum absolute atomic E-state index is 0.0614. The monoisotopic (exact) mass is 475 g/mol. The third kappa shape index (κ3) is 11.8. The van der Waals surface area contributed by atoms with Crippen molar-refractivity contribution in [1.82, 2.24) is 15.5 Å². The van der Waals surface area contributed by atoms with E-state index < -0.39 is 6.04 Å². The topological polar surface area (TPSA) is 70.7 Å². The molecular weight excluding hydrogens is 426 g/mol. The lowest BCUT2D eigenvalue weighted by Crippen LogP contribution is -2.57. The van der Waals surface area contributed by atoms with Crippen LogP contribution in [0.25, 0.3) is 0 Å². The molecule has 2 atom stereocenters. The molecule has 0 saturated heterocycles. The zero-order valence-corrected chi connectivity index (χ0v) is 23.4. The number of nitrogens with zero attached hydrogens (tertiary/aromatic N) is 1. The minimum atomic E-state index is -0.587. The van der Waals surface area contributed by atoms with Crippen molar-refractivity contribution in [1.29, 1.82) is 0 Å². The number of hydrogen-bond acceptors (Lipinski definition) is 4. The molecule has 1 rings (SSSR count). The molecule has 2 N–H and O–H groups in total. The molecule has 0 fully saturated rings. The van der Waals surface area contributed by atoms with E-state index in [0.717, 1.165) is 5.57 Å². The lowest BCUT2D eigenvalue weighted by molar-refractivity contribution is -0.139. The van der Waals surface area contributed by atoms with Crippen LogP contribution in [0.5, 0.6) is 0 Å². The van der Waals surface area contributed by atoms with Crippen molar-refractivity contribution in [3.63, 3.8) is 0 Å². The molecule has 0 aliphatic heterocycles. The highest BCUT2D eigenvalue weighted by atomic mass is 16.5. The molecule has 2 amide bonds. The van der Waals surface area contributed by atoms with Crippen LogP contribution in [0.2, 0.25) is 0 Å². The van der Waals surface area contributed by atoms with Gasteiger partial charge in [-0.3, -0.25) is 9.59 Å². The van der Waals surface area contributed by atoms with Gasteiger partial charge in [0.05, 0.1) is 19.2 Å². The summed E-state index contributed by atoms with van der Waals surface area (Å²) in [5, 5.41) is 5.69. The highest BCUT2D eigenvalue weighted by molar-refractivity contribution is 5.89. The SMILES string of the molecule is CC(C)c1ccccc1.CNCC(=O)NC(C(=O)N(C)C(/C=C(\C)COC)C(C)C)C(C)(C)C. The molecule has 0 aliphatic carbocycles. The number of carbonyl (C=O) groups is 2. The third-order valence-electron chi connectivity index (χ3n) is 5.53. The van der Waals surface area contributed by atoms with Crippen LogP contribution in [0.3, 0.4) is 0 Å². The van der Waals surface area contributed by atoms with Gasteiger partial charge in [-0.25, -0.2) is 0 Å². The predicted molar refractivity (Wildman–Crippen MR) is 143 cm³/mol. The summed E-state index contributed by atoms with van der Waals surface area (Å²) in [7, 11) is 5.16. The molecule has 1 aromatic rings. The van der Waals surface area contributed by atoms with E-state index in [-0.39, 0.29) is 35.7 Å². The Hall–Kier alpha value is -2.18. The highest BCUT2D eigenvalue weighted by Gasteiger charge is 2.36. The first-order chi connectivity index (χ1) is 15.8. The largest absolute Gasteiger partial charge is 0.380 e. The first-order valence-corrected chi connectivity index (χ1v) is 12.2. The molecule has 194 valence electrons. The second-order valence-electron chi connectivity index (χ2n) is 10.6. The zero-order valence-electron chi connectivity index (χ0n) is 23.4. The molecule has 0 radical (unpaired) electrons. The van der Waals surface area contributed by atoms with Crippen LogP contribution in [0.15, 0.2) is 42.0 Å². The summed E-state index contributed by atoms with van der Waals surface area (Å²) in [6.07, 6.45) is 2.07. The van der Waals surface area contributed by atoms with Gasteiger partial charge in [0.2, 0.25) is 11.8 Å². The molecule has 2 unspecified atom stereocenters. The van der Waals surface area contributed by atoms with Gasteiger partial charge in [-0.2, -0.15) is 0 Å². The van der Waals surface area contributed by atoms with Crippen LogP contribution < -0.4 is 10.6 Å². The first kappa shape index (κ1) is 31.8.